The molecule has 152 valence electrons. The zero-order valence-corrected chi connectivity index (χ0v) is 17.4. The molecule has 0 fully saturated rings. The van der Waals surface area contributed by atoms with Crippen LogP contribution in [0.5, 0.6) is 0 Å². The molecule has 29 heavy (non-hydrogen) atoms. The number of nitrogens with one attached hydrogen (secondary N) is 1. The number of sulfonamides is 1. The molecular formula is C21H22N2O4S2. The Morgan fingerprint density at radius 3 is 2.59 bits per heavy atom. The fourth-order valence-electron chi connectivity index (χ4n) is 2.93. The normalized spacial score (nSPS) is 11.4. The molecule has 0 saturated carbocycles. The molecule has 1 aromatic carbocycles. The first-order chi connectivity index (χ1) is 13.9. The summed E-state index contributed by atoms with van der Waals surface area (Å²) in [4.78, 5) is 17.4. The van der Waals surface area contributed by atoms with Crippen molar-refractivity contribution in [2.45, 2.75) is 30.6 Å². The monoisotopic (exact) mass is 430 g/mol. The summed E-state index contributed by atoms with van der Waals surface area (Å²) in [5.41, 5.74) is 2.10. The van der Waals surface area contributed by atoms with E-state index >= 15 is 0 Å². The van der Waals surface area contributed by atoms with Crippen LogP contribution in [0, 0.1) is 0 Å². The number of aryl methyl sites for hydroxylation is 1. The van der Waals surface area contributed by atoms with Crippen molar-refractivity contribution in [1.82, 2.24) is 9.71 Å². The molecule has 0 atom stereocenters. The van der Waals surface area contributed by atoms with E-state index in [0.717, 1.165) is 20.9 Å². The molecule has 0 aliphatic heterocycles. The van der Waals surface area contributed by atoms with Gasteiger partial charge in [-0.1, -0.05) is 24.3 Å². The van der Waals surface area contributed by atoms with Crippen molar-refractivity contribution in [2.75, 3.05) is 6.54 Å². The van der Waals surface area contributed by atoms with Gasteiger partial charge in [0, 0.05) is 35.1 Å². The molecule has 3 aromatic rings. The van der Waals surface area contributed by atoms with Gasteiger partial charge in [0.1, 0.15) is 0 Å². The minimum Gasteiger partial charge on any atom is -0.481 e. The Balaban J connectivity index is 1.71. The van der Waals surface area contributed by atoms with Crippen molar-refractivity contribution in [3.63, 3.8) is 0 Å². The minimum atomic E-state index is -3.55. The molecule has 0 aliphatic carbocycles. The quantitative estimate of drug-likeness (QED) is 0.515. The number of carboxylic acid groups (broad SMARTS) is 1. The maximum Gasteiger partial charge on any atom is 0.303 e. The first-order valence-corrected chi connectivity index (χ1v) is 11.5. The highest BCUT2D eigenvalue weighted by Gasteiger charge is 2.15. The van der Waals surface area contributed by atoms with Crippen LogP contribution >= 0.6 is 11.3 Å². The van der Waals surface area contributed by atoms with Crippen LogP contribution in [0.2, 0.25) is 0 Å². The molecular weight excluding hydrogens is 408 g/mol. The largest absolute Gasteiger partial charge is 0.481 e. The van der Waals surface area contributed by atoms with Crippen molar-refractivity contribution in [1.29, 1.82) is 0 Å². The van der Waals surface area contributed by atoms with Gasteiger partial charge in [-0.15, -0.1) is 11.3 Å². The standard InChI is InChI=1S/C21H22N2O4S2/c24-21(25)9-8-18-14-17(20(28-18)13-16-5-4-11-22-15-16)10-12-23-29(26,27)19-6-2-1-3-7-19/h1-7,11,14-15,23H,8-10,12-13H2,(H,24,25). The Bertz CT molecular complexity index is 1050. The number of thiophene rings is 1. The van der Waals surface area contributed by atoms with Gasteiger partial charge in [0.05, 0.1) is 11.3 Å². The van der Waals surface area contributed by atoms with Crippen molar-refractivity contribution >= 4 is 27.3 Å². The molecule has 0 aliphatic rings. The Morgan fingerprint density at radius 1 is 1.10 bits per heavy atom. The molecule has 8 heteroatoms. The van der Waals surface area contributed by atoms with E-state index < -0.39 is 16.0 Å². The number of carboxylic acids is 1. The molecule has 0 radical (unpaired) electrons. The van der Waals surface area contributed by atoms with Gasteiger partial charge in [-0.05, 0) is 48.2 Å². The molecule has 0 amide bonds. The number of aliphatic carboxylic acids is 1. The van der Waals surface area contributed by atoms with Gasteiger partial charge in [0.25, 0.3) is 0 Å². The summed E-state index contributed by atoms with van der Waals surface area (Å²) in [6.45, 7) is 0.270. The second-order valence-electron chi connectivity index (χ2n) is 6.55. The Labute approximate surface area is 174 Å². The lowest BCUT2D eigenvalue weighted by Gasteiger charge is -2.07. The predicted molar refractivity (Wildman–Crippen MR) is 113 cm³/mol. The van der Waals surface area contributed by atoms with Gasteiger partial charge in [-0.3, -0.25) is 9.78 Å². The van der Waals surface area contributed by atoms with Crippen LogP contribution in [0.25, 0.3) is 0 Å². The third-order valence-electron chi connectivity index (χ3n) is 4.36. The number of carbonyl (C=O) groups is 1. The first kappa shape index (κ1) is 21.2. The Kier molecular flexibility index (Phi) is 7.13. The van der Waals surface area contributed by atoms with Crippen LogP contribution in [0.3, 0.4) is 0 Å². The van der Waals surface area contributed by atoms with E-state index in [-0.39, 0.29) is 17.9 Å². The van der Waals surface area contributed by atoms with Crippen molar-refractivity contribution < 1.29 is 18.3 Å². The van der Waals surface area contributed by atoms with E-state index in [1.807, 2.05) is 18.2 Å². The minimum absolute atomic E-state index is 0.0763. The molecule has 2 N–H and O–H groups in total. The van der Waals surface area contributed by atoms with Crippen LogP contribution in [0.1, 0.15) is 27.3 Å². The van der Waals surface area contributed by atoms with Gasteiger partial charge in [0.15, 0.2) is 0 Å². The van der Waals surface area contributed by atoms with Crippen molar-refractivity contribution in [3.8, 4) is 0 Å². The smallest absolute Gasteiger partial charge is 0.303 e. The van der Waals surface area contributed by atoms with Gasteiger partial charge in [-0.25, -0.2) is 13.1 Å². The van der Waals surface area contributed by atoms with Crippen molar-refractivity contribution in [2.24, 2.45) is 0 Å². The summed E-state index contributed by atoms with van der Waals surface area (Å²) in [7, 11) is -3.55. The number of benzene rings is 1. The van der Waals surface area contributed by atoms with E-state index in [2.05, 4.69) is 9.71 Å². The second-order valence-corrected chi connectivity index (χ2v) is 9.54. The molecule has 6 nitrogen and oxygen atoms in total. The maximum atomic E-state index is 12.4. The SMILES string of the molecule is O=C(O)CCc1cc(CCNS(=O)(=O)c2ccccc2)c(Cc2cccnc2)s1. The van der Waals surface area contributed by atoms with E-state index in [0.29, 0.717) is 19.3 Å². The predicted octanol–water partition coefficient (Wildman–Crippen LogP) is 3.27. The third-order valence-corrected chi connectivity index (χ3v) is 7.07. The number of pyridine rings is 1. The molecule has 0 saturated heterocycles. The summed E-state index contributed by atoms with van der Waals surface area (Å²) < 4.78 is 27.4. The van der Waals surface area contributed by atoms with E-state index in [9.17, 15) is 13.2 Å². The average Bonchev–Trinajstić information content (AvgIpc) is 3.09. The van der Waals surface area contributed by atoms with Gasteiger partial charge >= 0.3 is 5.97 Å². The summed E-state index contributed by atoms with van der Waals surface area (Å²) in [6, 6.07) is 14.1. The fourth-order valence-corrected chi connectivity index (χ4v) is 5.24. The second kappa shape index (κ2) is 9.78. The molecule has 0 unspecified atom stereocenters. The molecule has 2 heterocycles. The van der Waals surface area contributed by atoms with Gasteiger partial charge < -0.3 is 5.11 Å². The topological polar surface area (TPSA) is 96.4 Å². The Morgan fingerprint density at radius 2 is 1.90 bits per heavy atom. The molecule has 0 bridgehead atoms. The van der Waals surface area contributed by atoms with Gasteiger partial charge in [-0.2, -0.15) is 0 Å². The molecule has 3 rings (SSSR count). The average molecular weight is 431 g/mol. The van der Waals surface area contributed by atoms with E-state index in [1.165, 1.54) is 0 Å². The fraction of sp³-hybridized carbons (Fsp3) is 0.238. The van der Waals surface area contributed by atoms with Gasteiger partial charge in [0.2, 0.25) is 10.0 Å². The highest BCUT2D eigenvalue weighted by molar-refractivity contribution is 7.89. The van der Waals surface area contributed by atoms with E-state index in [4.69, 9.17) is 5.11 Å². The van der Waals surface area contributed by atoms with Crippen LogP contribution < -0.4 is 4.72 Å². The lowest BCUT2D eigenvalue weighted by molar-refractivity contribution is -0.136. The van der Waals surface area contributed by atoms with Crippen LogP contribution in [-0.2, 0) is 34.1 Å². The molecule has 0 spiro atoms. The van der Waals surface area contributed by atoms with Crippen LogP contribution in [-0.4, -0.2) is 31.0 Å². The zero-order chi connectivity index (χ0) is 20.7. The maximum absolute atomic E-state index is 12.4. The van der Waals surface area contributed by atoms with Crippen molar-refractivity contribution in [3.05, 3.63) is 81.8 Å². The Hall–Kier alpha value is -2.55. The molecule has 2 aromatic heterocycles. The number of aromatic nitrogens is 1. The zero-order valence-electron chi connectivity index (χ0n) is 15.7. The number of hydrogen-bond donors (Lipinski definition) is 2. The summed E-state index contributed by atoms with van der Waals surface area (Å²) in [6.07, 6.45) is 5.29. The lowest BCUT2D eigenvalue weighted by Crippen LogP contribution is -2.26. The summed E-state index contributed by atoms with van der Waals surface area (Å²) in [5, 5.41) is 8.94. The summed E-state index contributed by atoms with van der Waals surface area (Å²) >= 11 is 1.58. The number of rotatable bonds is 10. The third kappa shape index (κ3) is 6.22. The summed E-state index contributed by atoms with van der Waals surface area (Å²) in [5.74, 6) is -0.829. The lowest BCUT2D eigenvalue weighted by atomic mass is 10.1. The number of hydrogen-bond acceptors (Lipinski definition) is 5. The van der Waals surface area contributed by atoms with E-state index in [1.54, 1.807) is 54.1 Å². The van der Waals surface area contributed by atoms with Crippen LogP contribution in [0.4, 0.5) is 0 Å². The highest BCUT2D eigenvalue weighted by atomic mass is 32.2. The number of nitrogens with zero attached hydrogens (tertiary/aromatic N) is 1. The highest BCUT2D eigenvalue weighted by Crippen LogP contribution is 2.27. The first-order valence-electron chi connectivity index (χ1n) is 9.20. The van der Waals surface area contributed by atoms with Crippen LogP contribution in [0.15, 0.2) is 65.8 Å².